The smallest absolute Gasteiger partial charge is 0.254 e. The Balaban J connectivity index is 1.85. The van der Waals surface area contributed by atoms with Crippen molar-refractivity contribution < 1.29 is 9.53 Å². The van der Waals surface area contributed by atoms with E-state index in [2.05, 4.69) is 21.2 Å². The monoisotopic (exact) mass is 331 g/mol. The highest BCUT2D eigenvalue weighted by Crippen LogP contribution is 2.33. The van der Waals surface area contributed by atoms with E-state index in [0.29, 0.717) is 0 Å². The molecule has 0 radical (unpaired) electrons. The quantitative estimate of drug-likeness (QED) is 0.916. The number of carbonyl (C=O) groups excluding carboxylic acids is 1. The molecule has 0 bridgehead atoms. The van der Waals surface area contributed by atoms with Crippen molar-refractivity contribution in [3.05, 3.63) is 35.4 Å². The van der Waals surface area contributed by atoms with E-state index in [-0.39, 0.29) is 11.4 Å². The summed E-state index contributed by atoms with van der Waals surface area (Å²) in [6.07, 6.45) is 2.90. The predicted octanol–water partition coefficient (Wildman–Crippen LogP) is 1.73. The topological polar surface area (TPSA) is 44.8 Å². The van der Waals surface area contributed by atoms with Crippen LogP contribution in [0.25, 0.3) is 0 Å². The van der Waals surface area contributed by atoms with Gasteiger partial charge in [0.1, 0.15) is 0 Å². The Bertz CT molecular complexity index is 567. The van der Waals surface area contributed by atoms with Gasteiger partial charge < -0.3 is 19.9 Å². The predicted molar refractivity (Wildman–Crippen MR) is 95.1 cm³/mol. The van der Waals surface area contributed by atoms with Crippen LogP contribution in [0.1, 0.15) is 35.2 Å². The Hall–Kier alpha value is -1.43. The van der Waals surface area contributed by atoms with Gasteiger partial charge in [-0.25, -0.2) is 0 Å². The first kappa shape index (κ1) is 17.4. The van der Waals surface area contributed by atoms with Crippen LogP contribution in [0.3, 0.4) is 0 Å². The molecule has 1 aromatic carbocycles. The van der Waals surface area contributed by atoms with E-state index < -0.39 is 0 Å². The fourth-order valence-corrected chi connectivity index (χ4v) is 3.92. The summed E-state index contributed by atoms with van der Waals surface area (Å²) in [5.41, 5.74) is 1.94. The lowest BCUT2D eigenvalue weighted by atomic mass is 9.84. The third kappa shape index (κ3) is 3.79. The number of ether oxygens (including phenoxy) is 1. The third-order valence-corrected chi connectivity index (χ3v) is 5.19. The van der Waals surface area contributed by atoms with Gasteiger partial charge in [-0.05, 0) is 57.6 Å². The number of amides is 1. The van der Waals surface area contributed by atoms with Gasteiger partial charge in [0.15, 0.2) is 0 Å². The number of nitrogens with one attached hydrogen (secondary N) is 1. The fourth-order valence-electron chi connectivity index (χ4n) is 3.92. The highest BCUT2D eigenvalue weighted by molar-refractivity contribution is 5.95. The zero-order valence-electron chi connectivity index (χ0n) is 14.9. The van der Waals surface area contributed by atoms with Crippen LogP contribution >= 0.6 is 0 Å². The lowest BCUT2D eigenvalue weighted by molar-refractivity contribution is -0.0183. The molecule has 5 nitrogen and oxygen atoms in total. The van der Waals surface area contributed by atoms with Crippen molar-refractivity contribution >= 4 is 5.91 Å². The summed E-state index contributed by atoms with van der Waals surface area (Å²) >= 11 is 0. The average Bonchev–Trinajstić information content (AvgIpc) is 2.77. The molecule has 1 aromatic rings. The number of nitrogens with zero attached hydrogens (tertiary/aromatic N) is 2. The second-order valence-electron chi connectivity index (χ2n) is 7.23. The summed E-state index contributed by atoms with van der Waals surface area (Å²) in [5, 5.41) is 3.45. The minimum Gasteiger partial charge on any atom is -0.381 e. The summed E-state index contributed by atoms with van der Waals surface area (Å²) in [6.45, 7) is 4.98. The Morgan fingerprint density at radius 3 is 2.79 bits per heavy atom. The molecule has 0 unspecified atom stereocenters. The molecule has 2 fully saturated rings. The van der Waals surface area contributed by atoms with Crippen molar-refractivity contribution in [2.75, 3.05) is 46.9 Å². The molecule has 2 heterocycles. The third-order valence-electron chi connectivity index (χ3n) is 5.19. The minimum absolute atomic E-state index is 0.0453. The molecule has 1 N–H and O–H groups in total. The first-order valence-electron chi connectivity index (χ1n) is 8.95. The first-order valence-corrected chi connectivity index (χ1v) is 8.95. The highest BCUT2D eigenvalue weighted by atomic mass is 16.5. The van der Waals surface area contributed by atoms with Gasteiger partial charge in [0.2, 0.25) is 0 Å². The molecule has 1 amide bonds. The van der Waals surface area contributed by atoms with Gasteiger partial charge in [-0.15, -0.1) is 0 Å². The maximum Gasteiger partial charge on any atom is 0.254 e. The standard InChI is InChI=1S/C19H29N3O2/c1-21(2)15-16-4-3-5-17(14-16)18(23)22-11-10-20-9-6-19(22)7-12-24-13-8-19/h3-5,14,20H,6-13,15H2,1-2H3. The van der Waals surface area contributed by atoms with Gasteiger partial charge in [0, 0.05) is 44.0 Å². The van der Waals surface area contributed by atoms with Crippen LogP contribution in [0.4, 0.5) is 0 Å². The molecular weight excluding hydrogens is 302 g/mol. The fraction of sp³-hybridized carbons (Fsp3) is 0.632. The van der Waals surface area contributed by atoms with Crippen LogP contribution in [0, 0.1) is 0 Å². The van der Waals surface area contributed by atoms with Crippen molar-refractivity contribution in [1.29, 1.82) is 0 Å². The summed E-state index contributed by atoms with van der Waals surface area (Å²) in [6, 6.07) is 8.09. The zero-order valence-corrected chi connectivity index (χ0v) is 14.9. The number of hydrogen-bond acceptors (Lipinski definition) is 4. The van der Waals surface area contributed by atoms with Crippen molar-refractivity contribution in [2.24, 2.45) is 0 Å². The second-order valence-corrected chi connectivity index (χ2v) is 7.23. The van der Waals surface area contributed by atoms with Gasteiger partial charge in [0.05, 0.1) is 0 Å². The van der Waals surface area contributed by atoms with Gasteiger partial charge >= 0.3 is 0 Å². The maximum absolute atomic E-state index is 13.3. The van der Waals surface area contributed by atoms with Gasteiger partial charge in [-0.3, -0.25) is 4.79 Å². The van der Waals surface area contributed by atoms with Crippen molar-refractivity contribution in [3.63, 3.8) is 0 Å². The largest absolute Gasteiger partial charge is 0.381 e. The van der Waals surface area contributed by atoms with Crippen LogP contribution in [-0.2, 0) is 11.3 Å². The number of benzene rings is 1. The molecule has 0 saturated carbocycles. The molecular formula is C19H29N3O2. The molecule has 0 aromatic heterocycles. The Labute approximate surface area is 145 Å². The van der Waals surface area contributed by atoms with Gasteiger partial charge in [0.25, 0.3) is 5.91 Å². The Morgan fingerprint density at radius 2 is 2.04 bits per heavy atom. The van der Waals surface area contributed by atoms with E-state index in [9.17, 15) is 4.79 Å². The van der Waals surface area contributed by atoms with E-state index >= 15 is 0 Å². The molecule has 132 valence electrons. The highest BCUT2D eigenvalue weighted by Gasteiger charge is 2.41. The van der Waals surface area contributed by atoms with E-state index in [0.717, 1.165) is 64.2 Å². The number of hydrogen-bond donors (Lipinski definition) is 1. The molecule has 5 heteroatoms. The van der Waals surface area contributed by atoms with Crippen molar-refractivity contribution in [3.8, 4) is 0 Å². The van der Waals surface area contributed by atoms with Crippen LogP contribution in [-0.4, -0.2) is 68.2 Å². The van der Waals surface area contributed by atoms with Gasteiger partial charge in [-0.1, -0.05) is 12.1 Å². The van der Waals surface area contributed by atoms with Crippen LogP contribution in [0.5, 0.6) is 0 Å². The van der Waals surface area contributed by atoms with E-state index in [4.69, 9.17) is 4.74 Å². The van der Waals surface area contributed by atoms with Crippen molar-refractivity contribution in [1.82, 2.24) is 15.1 Å². The van der Waals surface area contributed by atoms with Crippen molar-refractivity contribution in [2.45, 2.75) is 31.3 Å². The number of carbonyl (C=O) groups is 1. The number of rotatable bonds is 3. The molecule has 2 saturated heterocycles. The van der Waals surface area contributed by atoms with Crippen LogP contribution < -0.4 is 5.32 Å². The summed E-state index contributed by atoms with van der Waals surface area (Å²) in [4.78, 5) is 17.6. The summed E-state index contributed by atoms with van der Waals surface area (Å²) in [5.74, 6) is 0.168. The molecule has 3 rings (SSSR count). The summed E-state index contributed by atoms with van der Waals surface area (Å²) < 4.78 is 5.57. The minimum atomic E-state index is -0.0453. The lowest BCUT2D eigenvalue weighted by Gasteiger charge is -2.45. The average molecular weight is 331 g/mol. The molecule has 2 aliphatic rings. The molecule has 2 aliphatic heterocycles. The molecule has 1 spiro atoms. The molecule has 0 aliphatic carbocycles. The maximum atomic E-state index is 13.3. The molecule has 0 atom stereocenters. The first-order chi connectivity index (χ1) is 11.6. The van der Waals surface area contributed by atoms with E-state index in [1.165, 1.54) is 5.56 Å². The normalized spacial score (nSPS) is 21.0. The van der Waals surface area contributed by atoms with E-state index in [1.54, 1.807) is 0 Å². The Morgan fingerprint density at radius 1 is 1.25 bits per heavy atom. The SMILES string of the molecule is CN(C)Cc1cccc(C(=O)N2CCNCCC23CCOCC3)c1. The van der Waals surface area contributed by atoms with E-state index in [1.807, 2.05) is 32.3 Å². The second kappa shape index (κ2) is 7.64. The summed E-state index contributed by atoms with van der Waals surface area (Å²) in [7, 11) is 4.10. The van der Waals surface area contributed by atoms with Crippen LogP contribution in [0.2, 0.25) is 0 Å². The van der Waals surface area contributed by atoms with Crippen LogP contribution in [0.15, 0.2) is 24.3 Å². The zero-order chi connectivity index (χ0) is 17.0. The molecule has 24 heavy (non-hydrogen) atoms. The Kier molecular flexibility index (Phi) is 5.54. The lowest BCUT2D eigenvalue weighted by Crippen LogP contribution is -2.55. The van der Waals surface area contributed by atoms with Gasteiger partial charge in [-0.2, -0.15) is 0 Å².